The van der Waals surface area contributed by atoms with Gasteiger partial charge in [0.1, 0.15) is 5.60 Å². The van der Waals surface area contributed by atoms with Gasteiger partial charge in [-0.1, -0.05) is 0 Å². The molecule has 2 saturated heterocycles. The van der Waals surface area contributed by atoms with Gasteiger partial charge in [-0.3, -0.25) is 9.63 Å². The fourth-order valence-electron chi connectivity index (χ4n) is 4.41. The Bertz CT molecular complexity index is 856. The van der Waals surface area contributed by atoms with Crippen molar-refractivity contribution in [3.8, 4) is 0 Å². The van der Waals surface area contributed by atoms with E-state index in [1.807, 2.05) is 32.9 Å². The predicted molar refractivity (Wildman–Crippen MR) is 134 cm³/mol. The third-order valence-corrected chi connectivity index (χ3v) is 6.40. The fraction of sp³-hybridized carbons (Fsp3) is 0.680. The van der Waals surface area contributed by atoms with Crippen LogP contribution in [0.15, 0.2) is 12.1 Å². The SMILES string of the molecule is CON(C)C(=O)c1cc(NCCN2CCCC2)c(C)c(N2CCN(C(=O)OC(C)(C)C)CC2)c1. The molecule has 0 radical (unpaired) electrons. The van der Waals surface area contributed by atoms with E-state index in [1.165, 1.54) is 25.0 Å². The maximum Gasteiger partial charge on any atom is 0.410 e. The minimum atomic E-state index is -0.511. The lowest BCUT2D eigenvalue weighted by atomic mass is 10.0. The molecule has 9 heteroatoms. The van der Waals surface area contributed by atoms with E-state index < -0.39 is 5.60 Å². The molecule has 2 aliphatic heterocycles. The molecule has 2 fully saturated rings. The number of nitrogens with zero attached hydrogens (tertiary/aromatic N) is 4. The Morgan fingerprint density at radius 2 is 1.71 bits per heavy atom. The summed E-state index contributed by atoms with van der Waals surface area (Å²) in [4.78, 5) is 37.0. The average Bonchev–Trinajstić information content (AvgIpc) is 3.31. The van der Waals surface area contributed by atoms with Crippen LogP contribution in [0.4, 0.5) is 16.2 Å². The van der Waals surface area contributed by atoms with Crippen molar-refractivity contribution in [1.29, 1.82) is 0 Å². The second-order valence-corrected chi connectivity index (χ2v) is 10.1. The van der Waals surface area contributed by atoms with Crippen LogP contribution in [0.2, 0.25) is 0 Å². The van der Waals surface area contributed by atoms with E-state index in [4.69, 9.17) is 9.57 Å². The molecule has 0 bridgehead atoms. The molecule has 3 rings (SSSR count). The van der Waals surface area contributed by atoms with Crippen LogP contribution in [0.25, 0.3) is 0 Å². The monoisotopic (exact) mass is 475 g/mol. The molecule has 190 valence electrons. The number of carbonyl (C=O) groups excluding carboxylic acids is 2. The Morgan fingerprint density at radius 3 is 2.29 bits per heavy atom. The van der Waals surface area contributed by atoms with Crippen molar-refractivity contribution >= 4 is 23.4 Å². The van der Waals surface area contributed by atoms with Crippen molar-refractivity contribution in [2.75, 3.05) is 76.7 Å². The molecule has 1 aromatic carbocycles. The number of likely N-dealkylation sites (tertiary alicyclic amines) is 1. The van der Waals surface area contributed by atoms with E-state index in [0.717, 1.165) is 43.1 Å². The molecule has 0 aromatic heterocycles. The summed E-state index contributed by atoms with van der Waals surface area (Å²) in [7, 11) is 3.10. The Kier molecular flexibility index (Phi) is 8.65. The van der Waals surface area contributed by atoms with E-state index in [-0.39, 0.29) is 12.0 Å². The van der Waals surface area contributed by atoms with Crippen LogP contribution in [0.3, 0.4) is 0 Å². The number of piperazine rings is 1. The molecule has 0 saturated carbocycles. The topological polar surface area (TPSA) is 77.6 Å². The zero-order valence-electron chi connectivity index (χ0n) is 21.6. The number of amides is 2. The summed E-state index contributed by atoms with van der Waals surface area (Å²) in [5, 5.41) is 4.80. The smallest absolute Gasteiger partial charge is 0.410 e. The fourth-order valence-corrected chi connectivity index (χ4v) is 4.41. The molecule has 2 heterocycles. The van der Waals surface area contributed by atoms with E-state index in [1.54, 1.807) is 11.9 Å². The molecule has 0 atom stereocenters. The number of hydrogen-bond donors (Lipinski definition) is 1. The largest absolute Gasteiger partial charge is 0.444 e. The molecule has 0 aliphatic carbocycles. The summed E-state index contributed by atoms with van der Waals surface area (Å²) in [5.74, 6) is -0.196. The number of ether oxygens (including phenoxy) is 1. The van der Waals surface area contributed by atoms with E-state index >= 15 is 0 Å². The van der Waals surface area contributed by atoms with Gasteiger partial charge in [0.05, 0.1) is 7.11 Å². The summed E-state index contributed by atoms with van der Waals surface area (Å²) in [5.41, 5.74) is 3.12. The number of rotatable bonds is 7. The molecule has 0 unspecified atom stereocenters. The maximum atomic E-state index is 12.9. The van der Waals surface area contributed by atoms with Crippen LogP contribution in [0.5, 0.6) is 0 Å². The number of hydroxylamine groups is 2. The molecular formula is C25H41N5O4. The first kappa shape index (κ1) is 26.1. The molecule has 0 spiro atoms. The van der Waals surface area contributed by atoms with Crippen LogP contribution in [-0.2, 0) is 9.57 Å². The van der Waals surface area contributed by atoms with Gasteiger partial charge < -0.3 is 24.8 Å². The van der Waals surface area contributed by atoms with E-state index in [0.29, 0.717) is 31.7 Å². The third kappa shape index (κ3) is 6.76. The maximum absolute atomic E-state index is 12.9. The highest BCUT2D eigenvalue weighted by atomic mass is 16.7. The summed E-state index contributed by atoms with van der Waals surface area (Å²) in [6.45, 7) is 14.3. The van der Waals surface area contributed by atoms with Gasteiger partial charge in [-0.25, -0.2) is 9.86 Å². The molecule has 34 heavy (non-hydrogen) atoms. The highest BCUT2D eigenvalue weighted by molar-refractivity contribution is 5.96. The molecule has 9 nitrogen and oxygen atoms in total. The van der Waals surface area contributed by atoms with Crippen LogP contribution in [0, 0.1) is 6.92 Å². The second-order valence-electron chi connectivity index (χ2n) is 10.1. The van der Waals surface area contributed by atoms with Crippen molar-refractivity contribution in [2.24, 2.45) is 0 Å². The molecule has 1 aromatic rings. The summed E-state index contributed by atoms with van der Waals surface area (Å²) >= 11 is 0. The number of carbonyl (C=O) groups is 2. The first-order valence-electron chi connectivity index (χ1n) is 12.2. The quantitative estimate of drug-likeness (QED) is 0.607. The lowest BCUT2D eigenvalue weighted by Crippen LogP contribution is -2.50. The minimum absolute atomic E-state index is 0.196. The molecular weight excluding hydrogens is 434 g/mol. The number of hydrogen-bond acceptors (Lipinski definition) is 7. The third-order valence-electron chi connectivity index (χ3n) is 6.40. The molecule has 2 amide bonds. The van der Waals surface area contributed by atoms with Crippen LogP contribution < -0.4 is 10.2 Å². The summed E-state index contributed by atoms with van der Waals surface area (Å²) < 4.78 is 5.53. The van der Waals surface area contributed by atoms with Crippen molar-refractivity contribution in [2.45, 2.75) is 46.1 Å². The summed E-state index contributed by atoms with van der Waals surface area (Å²) in [6, 6.07) is 3.85. The summed E-state index contributed by atoms with van der Waals surface area (Å²) in [6.07, 6.45) is 2.26. The van der Waals surface area contributed by atoms with Gasteiger partial charge in [0.25, 0.3) is 5.91 Å². The lowest BCUT2D eigenvalue weighted by Gasteiger charge is -2.37. The zero-order valence-corrected chi connectivity index (χ0v) is 21.6. The first-order chi connectivity index (χ1) is 16.1. The van der Waals surface area contributed by atoms with Gasteiger partial charge in [0.15, 0.2) is 0 Å². The minimum Gasteiger partial charge on any atom is -0.444 e. The number of anilines is 2. The van der Waals surface area contributed by atoms with Gasteiger partial charge >= 0.3 is 6.09 Å². The Labute approximate surface area is 203 Å². The van der Waals surface area contributed by atoms with Crippen LogP contribution in [0.1, 0.15) is 49.5 Å². The second kappa shape index (κ2) is 11.3. The number of nitrogens with one attached hydrogen (secondary N) is 1. The lowest BCUT2D eigenvalue weighted by molar-refractivity contribution is -0.0756. The van der Waals surface area contributed by atoms with Gasteiger partial charge in [0, 0.05) is 63.3 Å². The van der Waals surface area contributed by atoms with Crippen molar-refractivity contribution in [1.82, 2.24) is 14.9 Å². The first-order valence-corrected chi connectivity index (χ1v) is 12.2. The van der Waals surface area contributed by atoms with Crippen molar-refractivity contribution in [3.05, 3.63) is 23.3 Å². The number of benzene rings is 1. The Balaban J connectivity index is 1.75. The Hall–Kier alpha value is -2.52. The highest BCUT2D eigenvalue weighted by Gasteiger charge is 2.27. The standard InChI is InChI=1S/C25H41N5O4/c1-19-21(26-9-12-28-10-7-8-11-28)17-20(23(31)27(5)33-6)18-22(19)29-13-15-30(16-14-29)24(32)34-25(2,3)4/h17-18,26H,7-16H2,1-6H3. The normalized spacial score (nSPS) is 17.1. The average molecular weight is 476 g/mol. The van der Waals surface area contributed by atoms with Gasteiger partial charge in [-0.2, -0.15) is 0 Å². The van der Waals surface area contributed by atoms with Crippen molar-refractivity contribution < 1.29 is 19.2 Å². The molecule has 1 N–H and O–H groups in total. The van der Waals surface area contributed by atoms with Crippen LogP contribution >= 0.6 is 0 Å². The van der Waals surface area contributed by atoms with Gasteiger partial charge in [-0.15, -0.1) is 0 Å². The van der Waals surface area contributed by atoms with E-state index in [2.05, 4.69) is 22.0 Å². The zero-order chi connectivity index (χ0) is 24.9. The predicted octanol–water partition coefficient (Wildman–Crippen LogP) is 3.19. The van der Waals surface area contributed by atoms with Gasteiger partial charge in [0.2, 0.25) is 0 Å². The highest BCUT2D eigenvalue weighted by Crippen LogP contribution is 2.31. The van der Waals surface area contributed by atoms with Crippen LogP contribution in [-0.4, -0.2) is 99.0 Å². The van der Waals surface area contributed by atoms with E-state index in [9.17, 15) is 9.59 Å². The van der Waals surface area contributed by atoms with Crippen molar-refractivity contribution in [3.63, 3.8) is 0 Å². The Morgan fingerprint density at radius 1 is 1.06 bits per heavy atom. The van der Waals surface area contributed by atoms with Gasteiger partial charge in [-0.05, 0) is 71.3 Å². The molecule has 2 aliphatic rings.